The van der Waals surface area contributed by atoms with Crippen LogP contribution in [0.4, 0.5) is 0 Å². The maximum Gasteiger partial charge on any atom is 0.309 e. The van der Waals surface area contributed by atoms with E-state index in [0.717, 1.165) is 19.3 Å². The topological polar surface area (TPSA) is 52.6 Å². The van der Waals surface area contributed by atoms with Crippen LogP contribution >= 0.6 is 0 Å². The minimum Gasteiger partial charge on any atom is -0.463 e. The van der Waals surface area contributed by atoms with Crippen molar-refractivity contribution in [2.75, 3.05) is 0 Å². The highest BCUT2D eigenvalue weighted by Gasteiger charge is 2.21. The van der Waals surface area contributed by atoms with Crippen LogP contribution in [-0.2, 0) is 19.1 Å². The summed E-state index contributed by atoms with van der Waals surface area (Å²) in [4.78, 5) is 23.3. The molecule has 2 atom stereocenters. The fourth-order valence-electron chi connectivity index (χ4n) is 3.12. The molecule has 0 bridgehead atoms. The number of rotatable bonds is 16. The van der Waals surface area contributed by atoms with Gasteiger partial charge in [-0.2, -0.15) is 0 Å². The number of carbonyl (C=O) groups is 2. The first-order valence-electron chi connectivity index (χ1n) is 11.1. The normalized spacial score (nSPS) is 13.6. The molecule has 0 amide bonds. The van der Waals surface area contributed by atoms with E-state index in [2.05, 4.69) is 6.92 Å². The third kappa shape index (κ3) is 15.7. The lowest BCUT2D eigenvalue weighted by Crippen LogP contribution is -2.24. The summed E-state index contributed by atoms with van der Waals surface area (Å²) >= 11 is 0. The quantitative estimate of drug-likeness (QED) is 0.226. The second-order valence-corrected chi connectivity index (χ2v) is 8.51. The predicted octanol–water partition coefficient (Wildman–Crippen LogP) is 6.45. The van der Waals surface area contributed by atoms with Gasteiger partial charge >= 0.3 is 11.9 Å². The van der Waals surface area contributed by atoms with E-state index in [9.17, 15) is 9.59 Å². The SMILES string of the molecule is CC(C)OC(=O)CCCCCCCCCCCC(C)C(C)C(=O)OC(C)C. The molecule has 0 aliphatic carbocycles. The predicted molar refractivity (Wildman–Crippen MR) is 112 cm³/mol. The smallest absolute Gasteiger partial charge is 0.309 e. The van der Waals surface area contributed by atoms with Crippen LogP contribution in [0.3, 0.4) is 0 Å². The standard InChI is InChI=1S/C23H44O4/c1-18(2)26-22(24)17-15-13-11-9-7-8-10-12-14-16-20(5)21(6)23(25)27-19(3)4/h18-21H,7-17H2,1-6H3. The van der Waals surface area contributed by atoms with E-state index >= 15 is 0 Å². The van der Waals surface area contributed by atoms with Gasteiger partial charge in [0.05, 0.1) is 18.1 Å². The van der Waals surface area contributed by atoms with Crippen molar-refractivity contribution in [2.45, 2.75) is 124 Å². The molecule has 0 aromatic rings. The average molecular weight is 385 g/mol. The molecule has 0 aliphatic rings. The van der Waals surface area contributed by atoms with Crippen LogP contribution in [0.5, 0.6) is 0 Å². The first-order chi connectivity index (χ1) is 12.7. The molecule has 4 heteroatoms. The molecule has 0 saturated carbocycles. The number of esters is 2. The summed E-state index contributed by atoms with van der Waals surface area (Å²) in [7, 11) is 0. The van der Waals surface area contributed by atoms with Crippen LogP contribution in [0.2, 0.25) is 0 Å². The fourth-order valence-corrected chi connectivity index (χ4v) is 3.12. The number of hydrogen-bond acceptors (Lipinski definition) is 4. The van der Waals surface area contributed by atoms with Gasteiger partial charge in [0.15, 0.2) is 0 Å². The molecule has 0 aromatic heterocycles. The second-order valence-electron chi connectivity index (χ2n) is 8.51. The van der Waals surface area contributed by atoms with Gasteiger partial charge in [0.2, 0.25) is 0 Å². The van der Waals surface area contributed by atoms with E-state index in [4.69, 9.17) is 9.47 Å². The van der Waals surface area contributed by atoms with Crippen LogP contribution in [0.1, 0.15) is 112 Å². The average Bonchev–Trinajstić information content (AvgIpc) is 2.57. The van der Waals surface area contributed by atoms with Crippen LogP contribution in [0, 0.1) is 11.8 Å². The molecule has 27 heavy (non-hydrogen) atoms. The number of unbranched alkanes of at least 4 members (excludes halogenated alkanes) is 8. The van der Waals surface area contributed by atoms with Crippen molar-refractivity contribution < 1.29 is 19.1 Å². The Labute approximate surface area is 167 Å². The Bertz CT molecular complexity index is 390. The van der Waals surface area contributed by atoms with Crippen LogP contribution in [0.15, 0.2) is 0 Å². The van der Waals surface area contributed by atoms with Gasteiger partial charge in [-0.05, 0) is 46.5 Å². The van der Waals surface area contributed by atoms with Crippen molar-refractivity contribution >= 4 is 11.9 Å². The molecule has 0 saturated heterocycles. The van der Waals surface area contributed by atoms with E-state index in [0.29, 0.717) is 12.3 Å². The first-order valence-corrected chi connectivity index (χ1v) is 11.1. The van der Waals surface area contributed by atoms with Crippen LogP contribution in [-0.4, -0.2) is 24.1 Å². The lowest BCUT2D eigenvalue weighted by molar-refractivity contribution is -0.153. The first kappa shape index (κ1) is 25.9. The molecular weight excluding hydrogens is 340 g/mol. The van der Waals surface area contributed by atoms with Crippen molar-refractivity contribution in [3.8, 4) is 0 Å². The zero-order chi connectivity index (χ0) is 20.7. The Morgan fingerprint density at radius 2 is 1.07 bits per heavy atom. The van der Waals surface area contributed by atoms with Crippen molar-refractivity contribution in [1.29, 1.82) is 0 Å². The third-order valence-corrected chi connectivity index (χ3v) is 4.98. The summed E-state index contributed by atoms with van der Waals surface area (Å²) in [5.41, 5.74) is 0. The fraction of sp³-hybridized carbons (Fsp3) is 0.913. The van der Waals surface area contributed by atoms with Crippen LogP contribution < -0.4 is 0 Å². The maximum absolute atomic E-state index is 11.9. The van der Waals surface area contributed by atoms with E-state index in [1.165, 1.54) is 44.9 Å². The van der Waals surface area contributed by atoms with Crippen molar-refractivity contribution in [1.82, 2.24) is 0 Å². The lowest BCUT2D eigenvalue weighted by atomic mass is 9.90. The van der Waals surface area contributed by atoms with Gasteiger partial charge in [-0.15, -0.1) is 0 Å². The Hall–Kier alpha value is -1.06. The van der Waals surface area contributed by atoms with E-state index in [1.54, 1.807) is 0 Å². The molecule has 0 N–H and O–H groups in total. The Morgan fingerprint density at radius 3 is 1.56 bits per heavy atom. The number of carbonyl (C=O) groups excluding carboxylic acids is 2. The Balaban J connectivity index is 3.47. The Morgan fingerprint density at radius 1 is 0.630 bits per heavy atom. The molecule has 0 aromatic carbocycles. The summed E-state index contributed by atoms with van der Waals surface area (Å²) in [6.07, 6.45) is 12.4. The van der Waals surface area contributed by atoms with Gasteiger partial charge in [-0.25, -0.2) is 0 Å². The highest BCUT2D eigenvalue weighted by Crippen LogP contribution is 2.21. The zero-order valence-electron chi connectivity index (χ0n) is 18.7. The molecule has 0 heterocycles. The molecule has 4 nitrogen and oxygen atoms in total. The molecule has 0 radical (unpaired) electrons. The molecule has 160 valence electrons. The minimum absolute atomic E-state index is 0.00226. The highest BCUT2D eigenvalue weighted by atomic mass is 16.5. The summed E-state index contributed by atoms with van der Waals surface area (Å²) in [5, 5.41) is 0. The van der Waals surface area contributed by atoms with E-state index < -0.39 is 0 Å². The van der Waals surface area contributed by atoms with E-state index in [-0.39, 0.29) is 30.1 Å². The zero-order valence-corrected chi connectivity index (χ0v) is 18.7. The summed E-state index contributed by atoms with van der Waals surface area (Å²) in [5.74, 6) is 0.254. The van der Waals surface area contributed by atoms with Gasteiger partial charge in [0, 0.05) is 6.42 Å². The van der Waals surface area contributed by atoms with Gasteiger partial charge in [-0.1, -0.05) is 65.2 Å². The summed E-state index contributed by atoms with van der Waals surface area (Å²) in [6.45, 7) is 11.7. The number of ether oxygens (including phenoxy) is 2. The van der Waals surface area contributed by atoms with Gasteiger partial charge in [0.1, 0.15) is 0 Å². The number of hydrogen-bond donors (Lipinski definition) is 0. The molecular formula is C23H44O4. The van der Waals surface area contributed by atoms with Crippen molar-refractivity contribution in [2.24, 2.45) is 11.8 Å². The van der Waals surface area contributed by atoms with Gasteiger partial charge in [0.25, 0.3) is 0 Å². The largest absolute Gasteiger partial charge is 0.463 e. The molecule has 2 unspecified atom stereocenters. The molecule has 0 rings (SSSR count). The van der Waals surface area contributed by atoms with Gasteiger partial charge in [-0.3, -0.25) is 9.59 Å². The second kappa shape index (κ2) is 15.9. The van der Waals surface area contributed by atoms with Gasteiger partial charge < -0.3 is 9.47 Å². The molecule has 0 fully saturated rings. The third-order valence-electron chi connectivity index (χ3n) is 4.98. The highest BCUT2D eigenvalue weighted by molar-refractivity contribution is 5.72. The Kier molecular flexibility index (Phi) is 15.3. The lowest BCUT2D eigenvalue weighted by Gasteiger charge is -2.20. The maximum atomic E-state index is 11.9. The minimum atomic E-state index is -0.0639. The summed E-state index contributed by atoms with van der Waals surface area (Å²) in [6, 6.07) is 0. The molecule has 0 aliphatic heterocycles. The van der Waals surface area contributed by atoms with Crippen molar-refractivity contribution in [3.05, 3.63) is 0 Å². The monoisotopic (exact) mass is 384 g/mol. The van der Waals surface area contributed by atoms with Crippen molar-refractivity contribution in [3.63, 3.8) is 0 Å². The molecule has 0 spiro atoms. The summed E-state index contributed by atoms with van der Waals surface area (Å²) < 4.78 is 10.4. The van der Waals surface area contributed by atoms with E-state index in [1.807, 2.05) is 34.6 Å². The van der Waals surface area contributed by atoms with Crippen LogP contribution in [0.25, 0.3) is 0 Å².